The van der Waals surface area contributed by atoms with Gasteiger partial charge in [0.25, 0.3) is 0 Å². The van der Waals surface area contributed by atoms with E-state index >= 15 is 0 Å². The van der Waals surface area contributed by atoms with Gasteiger partial charge in [-0.1, -0.05) is 77.1 Å². The highest BCUT2D eigenvalue weighted by Gasteiger charge is 2.33. The van der Waals surface area contributed by atoms with Crippen LogP contribution in [-0.4, -0.2) is 12.5 Å². The van der Waals surface area contributed by atoms with Crippen molar-refractivity contribution < 1.29 is 4.79 Å². The molecule has 1 aliphatic rings. The van der Waals surface area contributed by atoms with E-state index < -0.39 is 0 Å². The number of benzene rings is 2. The molecule has 1 fully saturated rings. The van der Waals surface area contributed by atoms with Crippen LogP contribution in [0.1, 0.15) is 71.0 Å². The van der Waals surface area contributed by atoms with Gasteiger partial charge in [-0.3, -0.25) is 4.79 Å². The van der Waals surface area contributed by atoms with Gasteiger partial charge in [0, 0.05) is 18.2 Å². The average molecular weight is 393 g/mol. The zero-order chi connectivity index (χ0) is 21.2. The number of nitrogens with zero attached hydrogens (tertiary/aromatic N) is 1. The number of piperidine rings is 1. The Morgan fingerprint density at radius 3 is 2.17 bits per heavy atom. The lowest BCUT2D eigenvalue weighted by molar-refractivity contribution is -0.122. The first-order valence-electron chi connectivity index (χ1n) is 10.8. The summed E-state index contributed by atoms with van der Waals surface area (Å²) in [4.78, 5) is 14.3. The van der Waals surface area contributed by atoms with Gasteiger partial charge in [-0.2, -0.15) is 0 Å². The molecule has 1 heterocycles. The molecule has 2 N–H and O–H groups in total. The molecule has 1 aliphatic heterocycles. The van der Waals surface area contributed by atoms with Crippen LogP contribution in [0.15, 0.2) is 54.6 Å². The molecule has 29 heavy (non-hydrogen) atoms. The minimum Gasteiger partial charge on any atom is -0.369 e. The molecular weight excluding hydrogens is 356 g/mol. The van der Waals surface area contributed by atoms with Gasteiger partial charge in [0.1, 0.15) is 0 Å². The first-order chi connectivity index (χ1) is 13.6. The minimum atomic E-state index is -0.176. The lowest BCUT2D eigenvalue weighted by Crippen LogP contribution is -2.41. The molecule has 0 aliphatic carbocycles. The number of amides is 1. The second kappa shape index (κ2) is 8.22. The fourth-order valence-corrected chi connectivity index (χ4v) is 5.06. The molecule has 0 bridgehead atoms. The normalized spacial score (nSPS) is 20.5. The first-order valence-corrected chi connectivity index (χ1v) is 10.8. The Balaban J connectivity index is 1.87. The highest BCUT2D eigenvalue weighted by atomic mass is 16.1. The van der Waals surface area contributed by atoms with Crippen LogP contribution in [0.2, 0.25) is 0 Å². The van der Waals surface area contributed by atoms with Gasteiger partial charge in [-0.05, 0) is 53.4 Å². The summed E-state index contributed by atoms with van der Waals surface area (Å²) in [6.45, 7) is 12.4. The quantitative estimate of drug-likeness (QED) is 0.694. The summed E-state index contributed by atoms with van der Waals surface area (Å²) in [5.41, 5.74) is 9.91. The standard InChI is InChI=1S/C26H36N2O/c1-25(2,3)18-26(4,5)21-11-13-22(14-12-21)28-16-15-20(24(27)29)17-23(28)19-9-7-6-8-10-19/h6-14,20,23H,15-18H2,1-5H3,(H2,27,29). The summed E-state index contributed by atoms with van der Waals surface area (Å²) < 4.78 is 0. The van der Waals surface area contributed by atoms with Crippen LogP contribution in [0, 0.1) is 11.3 Å². The second-order valence-electron chi connectivity index (χ2n) is 10.4. The van der Waals surface area contributed by atoms with Gasteiger partial charge in [0.05, 0.1) is 6.04 Å². The smallest absolute Gasteiger partial charge is 0.220 e. The molecule has 0 saturated carbocycles. The van der Waals surface area contributed by atoms with Crippen LogP contribution in [0.3, 0.4) is 0 Å². The van der Waals surface area contributed by atoms with Gasteiger partial charge in [-0.15, -0.1) is 0 Å². The molecule has 0 aromatic heterocycles. The highest BCUT2D eigenvalue weighted by Crippen LogP contribution is 2.40. The van der Waals surface area contributed by atoms with Crippen molar-refractivity contribution >= 4 is 11.6 Å². The molecule has 3 heteroatoms. The van der Waals surface area contributed by atoms with Crippen molar-refractivity contribution in [3.63, 3.8) is 0 Å². The second-order valence-corrected chi connectivity index (χ2v) is 10.4. The van der Waals surface area contributed by atoms with E-state index in [1.54, 1.807) is 0 Å². The lowest BCUT2D eigenvalue weighted by Gasteiger charge is -2.41. The number of hydrogen-bond acceptors (Lipinski definition) is 2. The molecule has 0 radical (unpaired) electrons. The van der Waals surface area contributed by atoms with E-state index in [9.17, 15) is 4.79 Å². The number of primary amides is 1. The zero-order valence-corrected chi connectivity index (χ0v) is 18.6. The third-order valence-electron chi connectivity index (χ3n) is 6.14. The maximum Gasteiger partial charge on any atom is 0.220 e. The summed E-state index contributed by atoms with van der Waals surface area (Å²) in [5.74, 6) is -0.230. The van der Waals surface area contributed by atoms with E-state index in [-0.39, 0.29) is 28.7 Å². The van der Waals surface area contributed by atoms with E-state index in [0.29, 0.717) is 0 Å². The lowest BCUT2D eigenvalue weighted by atomic mass is 9.72. The van der Waals surface area contributed by atoms with Gasteiger partial charge >= 0.3 is 0 Å². The van der Waals surface area contributed by atoms with Crippen molar-refractivity contribution in [1.29, 1.82) is 0 Å². The van der Waals surface area contributed by atoms with E-state index in [2.05, 4.69) is 88.0 Å². The van der Waals surface area contributed by atoms with Gasteiger partial charge in [0.2, 0.25) is 5.91 Å². The molecular formula is C26H36N2O. The highest BCUT2D eigenvalue weighted by molar-refractivity contribution is 5.77. The fraction of sp³-hybridized carbons (Fsp3) is 0.500. The van der Waals surface area contributed by atoms with Gasteiger partial charge in [0.15, 0.2) is 0 Å². The Bertz CT molecular complexity index is 818. The fourth-order valence-electron chi connectivity index (χ4n) is 5.06. The zero-order valence-electron chi connectivity index (χ0n) is 18.6. The Hall–Kier alpha value is -2.29. The van der Waals surface area contributed by atoms with Crippen molar-refractivity contribution in [2.24, 2.45) is 17.1 Å². The predicted octanol–water partition coefficient (Wildman–Crippen LogP) is 5.84. The molecule has 2 atom stereocenters. The number of rotatable bonds is 5. The molecule has 1 amide bonds. The summed E-state index contributed by atoms with van der Waals surface area (Å²) in [7, 11) is 0. The van der Waals surface area contributed by atoms with Crippen molar-refractivity contribution in [1.82, 2.24) is 0 Å². The van der Waals surface area contributed by atoms with Crippen LogP contribution in [0.4, 0.5) is 5.69 Å². The van der Waals surface area contributed by atoms with Crippen LogP contribution < -0.4 is 10.6 Å². The molecule has 156 valence electrons. The van der Waals surface area contributed by atoms with Crippen molar-refractivity contribution in [3.05, 3.63) is 65.7 Å². The maximum atomic E-state index is 11.8. The topological polar surface area (TPSA) is 46.3 Å². The molecule has 0 spiro atoms. The third-order valence-corrected chi connectivity index (χ3v) is 6.14. The molecule has 2 aromatic carbocycles. The number of carbonyl (C=O) groups excluding carboxylic acids is 1. The van der Waals surface area contributed by atoms with Crippen LogP contribution in [-0.2, 0) is 10.2 Å². The van der Waals surface area contributed by atoms with E-state index in [1.165, 1.54) is 16.8 Å². The van der Waals surface area contributed by atoms with Crippen LogP contribution in [0.5, 0.6) is 0 Å². The first kappa shape index (κ1) is 21.4. The monoisotopic (exact) mass is 392 g/mol. The molecule has 2 aromatic rings. The number of anilines is 1. The Morgan fingerprint density at radius 1 is 1.00 bits per heavy atom. The molecule has 3 nitrogen and oxygen atoms in total. The molecule has 2 unspecified atom stereocenters. The third kappa shape index (κ3) is 5.20. The predicted molar refractivity (Wildman–Crippen MR) is 122 cm³/mol. The molecule has 1 saturated heterocycles. The Morgan fingerprint density at radius 2 is 1.62 bits per heavy atom. The largest absolute Gasteiger partial charge is 0.369 e. The summed E-state index contributed by atoms with van der Waals surface area (Å²) in [5, 5.41) is 0. The van der Waals surface area contributed by atoms with Gasteiger partial charge in [-0.25, -0.2) is 0 Å². The molecule has 3 rings (SSSR count). The Labute approximate surface area is 176 Å². The SMILES string of the molecule is CC(C)(C)CC(C)(C)c1ccc(N2CCC(C(N)=O)CC2c2ccccc2)cc1. The van der Waals surface area contributed by atoms with Crippen molar-refractivity contribution in [3.8, 4) is 0 Å². The van der Waals surface area contributed by atoms with Crippen molar-refractivity contribution in [2.45, 2.75) is 65.3 Å². The minimum absolute atomic E-state index is 0.0542. The number of carbonyl (C=O) groups is 1. The van der Waals surface area contributed by atoms with E-state index in [1.807, 2.05) is 6.07 Å². The Kier molecular flexibility index (Phi) is 6.07. The number of hydrogen-bond donors (Lipinski definition) is 1. The average Bonchev–Trinajstić information content (AvgIpc) is 2.66. The van der Waals surface area contributed by atoms with Crippen molar-refractivity contribution in [2.75, 3.05) is 11.4 Å². The van der Waals surface area contributed by atoms with Crippen LogP contribution in [0.25, 0.3) is 0 Å². The maximum absolute atomic E-state index is 11.8. The van der Waals surface area contributed by atoms with E-state index in [4.69, 9.17) is 5.73 Å². The van der Waals surface area contributed by atoms with E-state index in [0.717, 1.165) is 25.8 Å². The van der Waals surface area contributed by atoms with Gasteiger partial charge < -0.3 is 10.6 Å². The summed E-state index contributed by atoms with van der Waals surface area (Å²) in [6.07, 6.45) is 2.72. The van der Waals surface area contributed by atoms with Crippen LogP contribution >= 0.6 is 0 Å². The number of nitrogens with two attached hydrogens (primary N) is 1. The summed E-state index contributed by atoms with van der Waals surface area (Å²) in [6, 6.07) is 19.7. The summed E-state index contributed by atoms with van der Waals surface area (Å²) >= 11 is 0.